The van der Waals surface area contributed by atoms with Gasteiger partial charge in [-0.1, -0.05) is 20.8 Å². The van der Waals surface area contributed by atoms with Crippen molar-refractivity contribution in [1.29, 1.82) is 0 Å². The molecule has 0 aromatic rings. The zero-order valence-corrected chi connectivity index (χ0v) is 11.9. The van der Waals surface area contributed by atoms with Gasteiger partial charge in [-0.2, -0.15) is 22.0 Å². The molecule has 0 spiro atoms. The minimum Gasteiger partial charge on any atom is -0.337 e. The standard InChI is InChI=1S/C13H20F5NO/c1-11(2,3)9-5-4-7-19(8-6-9)10(20)12(14,15)13(16,17)18/h9H,4-8H2,1-3H3. The van der Waals surface area contributed by atoms with Gasteiger partial charge in [0.15, 0.2) is 0 Å². The molecule has 1 atom stereocenters. The Balaban J connectivity index is 2.78. The van der Waals surface area contributed by atoms with Crippen molar-refractivity contribution in [3.63, 3.8) is 0 Å². The molecule has 0 bridgehead atoms. The molecule has 0 saturated carbocycles. The molecule has 1 rings (SSSR count). The van der Waals surface area contributed by atoms with E-state index in [2.05, 4.69) is 0 Å². The van der Waals surface area contributed by atoms with Gasteiger partial charge < -0.3 is 4.90 Å². The van der Waals surface area contributed by atoms with Crippen LogP contribution in [0, 0.1) is 11.3 Å². The highest BCUT2D eigenvalue weighted by atomic mass is 19.4. The summed E-state index contributed by atoms with van der Waals surface area (Å²) in [6.07, 6.45) is -4.21. The molecule has 7 heteroatoms. The zero-order chi connectivity index (χ0) is 15.8. The van der Waals surface area contributed by atoms with E-state index in [0.717, 1.165) is 6.42 Å². The summed E-state index contributed by atoms with van der Waals surface area (Å²) in [5.41, 5.74) is -0.0500. The molecule has 1 saturated heterocycles. The normalized spacial score (nSPS) is 22.6. The van der Waals surface area contributed by atoms with Crippen molar-refractivity contribution in [3.05, 3.63) is 0 Å². The van der Waals surface area contributed by atoms with Crippen molar-refractivity contribution < 1.29 is 26.7 Å². The highest BCUT2D eigenvalue weighted by Gasteiger charge is 2.64. The van der Waals surface area contributed by atoms with E-state index in [1.54, 1.807) is 0 Å². The first-order valence-corrected chi connectivity index (χ1v) is 6.61. The maximum atomic E-state index is 13.1. The van der Waals surface area contributed by atoms with Gasteiger partial charge in [-0.05, 0) is 30.6 Å². The van der Waals surface area contributed by atoms with Crippen LogP contribution in [0.15, 0.2) is 0 Å². The number of hydrogen-bond acceptors (Lipinski definition) is 1. The van der Waals surface area contributed by atoms with Crippen LogP contribution in [0.3, 0.4) is 0 Å². The van der Waals surface area contributed by atoms with Gasteiger partial charge in [-0.15, -0.1) is 0 Å². The topological polar surface area (TPSA) is 20.3 Å². The number of carbonyl (C=O) groups excluding carboxylic acids is 1. The van der Waals surface area contributed by atoms with Crippen molar-refractivity contribution in [2.45, 2.75) is 52.1 Å². The average molecular weight is 301 g/mol. The lowest BCUT2D eigenvalue weighted by Gasteiger charge is -2.30. The first-order valence-electron chi connectivity index (χ1n) is 6.61. The molecule has 1 amide bonds. The Hall–Kier alpha value is -0.880. The first-order chi connectivity index (χ1) is 8.87. The summed E-state index contributed by atoms with van der Waals surface area (Å²) in [7, 11) is 0. The Labute approximate surface area is 115 Å². The van der Waals surface area contributed by atoms with E-state index in [0.29, 0.717) is 17.7 Å². The average Bonchev–Trinajstić information content (AvgIpc) is 2.50. The second-order valence-corrected chi connectivity index (χ2v) is 6.36. The van der Waals surface area contributed by atoms with Gasteiger partial charge in [0.1, 0.15) is 0 Å². The molecule has 1 heterocycles. The number of carbonyl (C=O) groups is 1. The molecule has 1 unspecified atom stereocenters. The van der Waals surface area contributed by atoms with Crippen molar-refractivity contribution >= 4 is 5.91 Å². The molecular weight excluding hydrogens is 281 g/mol. The monoisotopic (exact) mass is 301 g/mol. The second kappa shape index (κ2) is 5.48. The third kappa shape index (κ3) is 3.61. The summed E-state index contributed by atoms with van der Waals surface area (Å²) >= 11 is 0. The van der Waals surface area contributed by atoms with Gasteiger partial charge in [0.05, 0.1) is 0 Å². The Kier molecular flexibility index (Phi) is 4.71. The van der Waals surface area contributed by atoms with E-state index < -0.39 is 18.0 Å². The van der Waals surface area contributed by atoms with Crippen LogP contribution < -0.4 is 0 Å². The summed E-state index contributed by atoms with van der Waals surface area (Å²) in [5, 5.41) is 0. The second-order valence-electron chi connectivity index (χ2n) is 6.36. The van der Waals surface area contributed by atoms with Crippen LogP contribution in [0.25, 0.3) is 0 Å². The predicted molar refractivity (Wildman–Crippen MR) is 64.4 cm³/mol. The number of rotatable bonds is 1. The van der Waals surface area contributed by atoms with Crippen molar-refractivity contribution in [3.8, 4) is 0 Å². The van der Waals surface area contributed by atoms with E-state index in [1.807, 2.05) is 20.8 Å². The SMILES string of the molecule is CC(C)(C)C1CCCN(C(=O)C(F)(F)C(F)(F)F)CC1. The molecule has 1 aliphatic heterocycles. The maximum Gasteiger partial charge on any atom is 0.463 e. The highest BCUT2D eigenvalue weighted by Crippen LogP contribution is 2.39. The van der Waals surface area contributed by atoms with Gasteiger partial charge in [0.2, 0.25) is 0 Å². The summed E-state index contributed by atoms with van der Waals surface area (Å²) < 4.78 is 62.7. The molecule has 0 N–H and O–H groups in total. The number of likely N-dealkylation sites (tertiary alicyclic amines) is 1. The lowest BCUT2D eigenvalue weighted by molar-refractivity contribution is -0.274. The van der Waals surface area contributed by atoms with Crippen LogP contribution in [-0.2, 0) is 4.79 Å². The third-order valence-corrected chi connectivity index (χ3v) is 3.86. The largest absolute Gasteiger partial charge is 0.463 e. The molecule has 118 valence electrons. The molecule has 1 fully saturated rings. The predicted octanol–water partition coefficient (Wildman–Crippen LogP) is 3.86. The smallest absolute Gasteiger partial charge is 0.337 e. The zero-order valence-electron chi connectivity index (χ0n) is 11.9. The van der Waals surface area contributed by atoms with E-state index in [-0.39, 0.29) is 24.4 Å². The molecule has 1 aliphatic rings. The van der Waals surface area contributed by atoms with Crippen LogP contribution in [0.4, 0.5) is 22.0 Å². The summed E-state index contributed by atoms with van der Waals surface area (Å²) in [4.78, 5) is 12.1. The van der Waals surface area contributed by atoms with E-state index in [4.69, 9.17) is 0 Å². The van der Waals surface area contributed by atoms with E-state index in [1.165, 1.54) is 0 Å². The van der Waals surface area contributed by atoms with Crippen LogP contribution >= 0.6 is 0 Å². The summed E-state index contributed by atoms with van der Waals surface area (Å²) in [6, 6.07) is 0. The van der Waals surface area contributed by atoms with Gasteiger partial charge >= 0.3 is 18.0 Å². The fraction of sp³-hybridized carbons (Fsp3) is 0.923. The molecule has 0 radical (unpaired) electrons. The molecule has 2 nitrogen and oxygen atoms in total. The Morgan fingerprint density at radius 1 is 1.00 bits per heavy atom. The number of alkyl halides is 5. The minimum absolute atomic E-state index is 0.0446. The van der Waals surface area contributed by atoms with E-state index in [9.17, 15) is 26.7 Å². The number of hydrogen-bond donors (Lipinski definition) is 0. The lowest BCUT2D eigenvalue weighted by atomic mass is 9.77. The van der Waals surface area contributed by atoms with Crippen LogP contribution in [0.2, 0.25) is 0 Å². The lowest BCUT2D eigenvalue weighted by Crippen LogP contribution is -2.52. The fourth-order valence-corrected chi connectivity index (χ4v) is 2.49. The number of halogens is 5. The minimum atomic E-state index is -5.83. The maximum absolute atomic E-state index is 13.1. The quantitative estimate of drug-likeness (QED) is 0.674. The first kappa shape index (κ1) is 17.2. The Morgan fingerprint density at radius 3 is 2.00 bits per heavy atom. The number of amides is 1. The summed E-state index contributed by atoms with van der Waals surface area (Å²) in [6.45, 7) is 5.90. The van der Waals surface area contributed by atoms with Crippen molar-refractivity contribution in [1.82, 2.24) is 4.90 Å². The summed E-state index contributed by atoms with van der Waals surface area (Å²) in [5.74, 6) is -7.21. The number of nitrogens with zero attached hydrogens (tertiary/aromatic N) is 1. The molecule has 0 aromatic heterocycles. The Morgan fingerprint density at radius 2 is 1.55 bits per heavy atom. The van der Waals surface area contributed by atoms with Crippen molar-refractivity contribution in [2.24, 2.45) is 11.3 Å². The van der Waals surface area contributed by atoms with E-state index >= 15 is 0 Å². The molecule has 0 aromatic carbocycles. The fourth-order valence-electron chi connectivity index (χ4n) is 2.49. The van der Waals surface area contributed by atoms with Gasteiger partial charge in [0.25, 0.3) is 0 Å². The highest BCUT2D eigenvalue weighted by molar-refractivity contribution is 5.84. The Bertz CT molecular complexity index is 359. The van der Waals surface area contributed by atoms with Gasteiger partial charge in [-0.25, -0.2) is 0 Å². The third-order valence-electron chi connectivity index (χ3n) is 3.86. The molecule has 20 heavy (non-hydrogen) atoms. The molecule has 0 aliphatic carbocycles. The van der Waals surface area contributed by atoms with Crippen molar-refractivity contribution in [2.75, 3.05) is 13.1 Å². The van der Waals surface area contributed by atoms with Crippen LogP contribution in [-0.4, -0.2) is 36.0 Å². The van der Waals surface area contributed by atoms with Crippen LogP contribution in [0.5, 0.6) is 0 Å². The molecular formula is C13H20F5NO. The van der Waals surface area contributed by atoms with Gasteiger partial charge in [-0.3, -0.25) is 4.79 Å². The van der Waals surface area contributed by atoms with Gasteiger partial charge in [0, 0.05) is 13.1 Å². The van der Waals surface area contributed by atoms with Crippen LogP contribution in [0.1, 0.15) is 40.0 Å².